The molecule has 14 atom stereocenters. The molecule has 2 rings (SSSR count). The summed E-state index contributed by atoms with van der Waals surface area (Å²) in [6, 6.07) is 0. The fourth-order valence-electron chi connectivity index (χ4n) is 3.55. The van der Waals surface area contributed by atoms with Crippen molar-refractivity contribution >= 4 is 0 Å². The predicted octanol–water partition coefficient (Wildman–Crippen LogP) is -7.94. The summed E-state index contributed by atoms with van der Waals surface area (Å²) < 4.78 is 20.6. The fourth-order valence-corrected chi connectivity index (χ4v) is 3.55. The van der Waals surface area contributed by atoms with Gasteiger partial charge in [0, 0.05) is 0 Å². The van der Waals surface area contributed by atoms with Crippen LogP contribution < -0.4 is 0 Å². The average Bonchev–Trinajstić information content (AvgIpc) is 2.84. The van der Waals surface area contributed by atoms with E-state index in [0.29, 0.717) is 0 Å². The average molecular weight is 506 g/mol. The van der Waals surface area contributed by atoms with Gasteiger partial charge in [-0.15, -0.1) is 0 Å². The Kier molecular flexibility index (Phi) is 11.4. The molecule has 0 bridgehead atoms. The maximum atomic E-state index is 10.5. The largest absolute Gasteiger partial charge is 0.394 e. The first kappa shape index (κ1) is 29.6. The first-order valence-corrected chi connectivity index (χ1v) is 10.5. The van der Waals surface area contributed by atoms with Gasteiger partial charge in [0.1, 0.15) is 73.2 Å². The molecule has 202 valence electrons. The lowest BCUT2D eigenvalue weighted by atomic mass is 9.98. The lowest BCUT2D eigenvalue weighted by Gasteiger charge is -2.42. The molecule has 2 saturated heterocycles. The summed E-state index contributed by atoms with van der Waals surface area (Å²) in [7, 11) is 0. The van der Waals surface area contributed by atoms with Gasteiger partial charge in [-0.3, -0.25) is 0 Å². The first-order chi connectivity index (χ1) is 16.0. The van der Waals surface area contributed by atoms with Gasteiger partial charge < -0.3 is 80.2 Å². The van der Waals surface area contributed by atoms with Crippen LogP contribution in [0.25, 0.3) is 0 Å². The molecule has 34 heavy (non-hydrogen) atoms. The molecule has 0 aromatic carbocycles. The molecule has 0 aromatic heterocycles. The molecule has 2 fully saturated rings. The lowest BCUT2D eigenvalue weighted by molar-refractivity contribution is -0.330. The van der Waals surface area contributed by atoms with E-state index < -0.39 is 112 Å². The molecule has 12 N–H and O–H groups in total. The Balaban J connectivity index is 2.04. The number of ether oxygens (including phenoxy) is 4. The maximum absolute atomic E-state index is 10.5. The Labute approximate surface area is 193 Å². The molecule has 0 unspecified atom stereocenters. The molecule has 16 heteroatoms. The van der Waals surface area contributed by atoms with Crippen molar-refractivity contribution in [3.05, 3.63) is 0 Å². The standard InChI is InChI=1S/C18H34O16/c19-1-5(22)16(34-18-15(30)13(28)11(26)8(3-21)33-18)9(24)6(23)4-31-17-14(29)12(27)10(25)7(2-20)32-17/h5-30H,1-4H2/t5-,6+,7+,8+,9+,10-,11-,12-,13-,14+,15+,16+,17+,18-/m0/s1. The third-order valence-electron chi connectivity index (χ3n) is 5.72. The van der Waals surface area contributed by atoms with Gasteiger partial charge in [-0.25, -0.2) is 0 Å². The van der Waals surface area contributed by atoms with Gasteiger partial charge in [0.15, 0.2) is 12.6 Å². The van der Waals surface area contributed by atoms with Crippen LogP contribution in [0.15, 0.2) is 0 Å². The van der Waals surface area contributed by atoms with Crippen LogP contribution in [0.5, 0.6) is 0 Å². The Bertz CT molecular complexity index is 594. The van der Waals surface area contributed by atoms with Gasteiger partial charge in [-0.2, -0.15) is 0 Å². The summed E-state index contributed by atoms with van der Waals surface area (Å²) in [6.07, 6.45) is -24.4. The summed E-state index contributed by atoms with van der Waals surface area (Å²) in [5.41, 5.74) is 0. The molecule has 0 spiro atoms. The van der Waals surface area contributed by atoms with E-state index in [4.69, 9.17) is 18.9 Å². The van der Waals surface area contributed by atoms with E-state index in [1.165, 1.54) is 0 Å². The molecule has 2 aliphatic heterocycles. The number of hydrogen-bond acceptors (Lipinski definition) is 16. The summed E-state index contributed by atoms with van der Waals surface area (Å²) in [6.45, 7) is -3.31. The van der Waals surface area contributed by atoms with Crippen LogP contribution in [-0.2, 0) is 18.9 Å². The zero-order valence-electron chi connectivity index (χ0n) is 17.9. The highest BCUT2D eigenvalue weighted by Crippen LogP contribution is 2.26. The molecule has 16 nitrogen and oxygen atoms in total. The van der Waals surface area contributed by atoms with Crippen LogP contribution in [0.1, 0.15) is 0 Å². The molecule has 0 saturated carbocycles. The molecule has 2 aliphatic rings. The van der Waals surface area contributed by atoms with E-state index in [9.17, 15) is 61.3 Å². The van der Waals surface area contributed by atoms with Crippen molar-refractivity contribution < 1.29 is 80.2 Å². The van der Waals surface area contributed by atoms with Gasteiger partial charge in [-0.05, 0) is 0 Å². The molecular formula is C18H34O16. The zero-order valence-corrected chi connectivity index (χ0v) is 17.9. The predicted molar refractivity (Wildman–Crippen MR) is 103 cm³/mol. The van der Waals surface area contributed by atoms with Gasteiger partial charge in [0.2, 0.25) is 0 Å². The highest BCUT2D eigenvalue weighted by Gasteiger charge is 2.47. The van der Waals surface area contributed by atoms with Crippen LogP contribution in [0.3, 0.4) is 0 Å². The zero-order chi connectivity index (χ0) is 25.7. The summed E-state index contributed by atoms with van der Waals surface area (Å²) in [5, 5.41) is 118. The highest BCUT2D eigenvalue weighted by molar-refractivity contribution is 4.92. The van der Waals surface area contributed by atoms with Gasteiger partial charge >= 0.3 is 0 Å². The summed E-state index contributed by atoms with van der Waals surface area (Å²) in [5.74, 6) is 0. The van der Waals surface area contributed by atoms with Crippen molar-refractivity contribution in [2.75, 3.05) is 26.4 Å². The van der Waals surface area contributed by atoms with E-state index in [-0.39, 0.29) is 0 Å². The van der Waals surface area contributed by atoms with E-state index >= 15 is 0 Å². The number of hydrogen-bond donors (Lipinski definition) is 12. The molecular weight excluding hydrogens is 472 g/mol. The van der Waals surface area contributed by atoms with Crippen molar-refractivity contribution in [2.24, 2.45) is 0 Å². The number of rotatable bonds is 11. The van der Waals surface area contributed by atoms with Crippen LogP contribution >= 0.6 is 0 Å². The highest BCUT2D eigenvalue weighted by atomic mass is 16.7. The fraction of sp³-hybridized carbons (Fsp3) is 1.00. The third kappa shape index (κ3) is 6.56. The Morgan fingerprint density at radius 2 is 1.09 bits per heavy atom. The topological polar surface area (TPSA) is 280 Å². The van der Waals surface area contributed by atoms with Crippen molar-refractivity contribution in [2.45, 2.75) is 85.8 Å². The second-order valence-corrected chi connectivity index (χ2v) is 8.14. The van der Waals surface area contributed by atoms with Crippen molar-refractivity contribution in [1.82, 2.24) is 0 Å². The minimum absolute atomic E-state index is 0.728. The second kappa shape index (κ2) is 13.1. The van der Waals surface area contributed by atoms with Crippen molar-refractivity contribution in [3.8, 4) is 0 Å². The van der Waals surface area contributed by atoms with Gasteiger partial charge in [0.05, 0.1) is 26.4 Å². The Morgan fingerprint density at radius 1 is 0.618 bits per heavy atom. The van der Waals surface area contributed by atoms with Crippen molar-refractivity contribution in [1.29, 1.82) is 0 Å². The number of aliphatic hydroxyl groups excluding tert-OH is 12. The van der Waals surface area contributed by atoms with Gasteiger partial charge in [0.25, 0.3) is 0 Å². The van der Waals surface area contributed by atoms with Crippen molar-refractivity contribution in [3.63, 3.8) is 0 Å². The first-order valence-electron chi connectivity index (χ1n) is 10.5. The molecule has 0 aromatic rings. The number of aliphatic hydroxyl groups is 12. The Hall–Kier alpha value is -0.640. The molecule has 0 amide bonds. The van der Waals surface area contributed by atoms with E-state index in [1.807, 2.05) is 0 Å². The smallest absolute Gasteiger partial charge is 0.187 e. The normalized spacial score (nSPS) is 42.7. The van der Waals surface area contributed by atoms with Crippen LogP contribution in [0.2, 0.25) is 0 Å². The van der Waals surface area contributed by atoms with Gasteiger partial charge in [-0.1, -0.05) is 0 Å². The molecule has 0 radical (unpaired) electrons. The summed E-state index contributed by atoms with van der Waals surface area (Å²) >= 11 is 0. The molecule has 0 aliphatic carbocycles. The van der Waals surface area contributed by atoms with Crippen LogP contribution in [-0.4, -0.2) is 174 Å². The third-order valence-corrected chi connectivity index (χ3v) is 5.72. The van der Waals surface area contributed by atoms with E-state index in [2.05, 4.69) is 0 Å². The van der Waals surface area contributed by atoms with E-state index in [1.54, 1.807) is 0 Å². The minimum atomic E-state index is -2.04. The Morgan fingerprint density at radius 3 is 1.56 bits per heavy atom. The van der Waals surface area contributed by atoms with Crippen LogP contribution in [0.4, 0.5) is 0 Å². The SMILES string of the molecule is OC[C@H](O)[C@@H](O[C@@H]1O[C@H](CO)[C@H](O)[C@H](O)[C@H]1O)[C@H](O)[C@H](O)CO[C@@H]1O[C@H](CO)[C@H](O)[C@H](O)[C@H]1O. The second-order valence-electron chi connectivity index (χ2n) is 8.14. The lowest BCUT2D eigenvalue weighted by Crippen LogP contribution is -2.62. The van der Waals surface area contributed by atoms with E-state index in [0.717, 1.165) is 0 Å². The summed E-state index contributed by atoms with van der Waals surface area (Å²) in [4.78, 5) is 0. The molecule has 2 heterocycles. The maximum Gasteiger partial charge on any atom is 0.187 e. The van der Waals surface area contributed by atoms with Crippen LogP contribution in [0, 0.1) is 0 Å². The minimum Gasteiger partial charge on any atom is -0.394 e. The quantitative estimate of drug-likeness (QED) is 0.124. The monoisotopic (exact) mass is 506 g/mol.